The number of benzene rings is 16. The SMILES string of the molecule is c1ccc2c(-c3cccc4c3oc3ccccc34)nc(-n3c4ccccc4c4cc(-c5ccc(-c6ccc7oc8ccccc8c7c6)cc5)ccc43)nc2c1.c1ccc2c(-c3cccc4c3sc3ccccc34)nc(-n3c4ccccc4c4cc(-c5ccc(-c6ccc7sc8ccccc8c7c6)cc5)ccc43)nc2c1. The van der Waals surface area contributed by atoms with Gasteiger partial charge >= 0.3 is 0 Å². The Morgan fingerprint density at radius 3 is 1.17 bits per heavy atom. The van der Waals surface area contributed by atoms with E-state index in [0.717, 1.165) is 143 Å². The number of aromatic nitrogens is 6. The second kappa shape index (κ2) is 24.7. The van der Waals surface area contributed by atoms with Crippen LogP contribution in [0.15, 0.2) is 361 Å². The van der Waals surface area contributed by atoms with Crippen LogP contribution in [-0.2, 0) is 0 Å². The minimum atomic E-state index is 0.618. The van der Waals surface area contributed by atoms with E-state index in [2.05, 4.69) is 325 Å². The molecule has 10 heteroatoms. The van der Waals surface area contributed by atoms with E-state index in [1.807, 2.05) is 59.1 Å². The number of thiophene rings is 2. The molecule has 0 amide bonds. The average molecular weight is 1440 g/mol. The zero-order valence-electron chi connectivity index (χ0n) is 58.8. The van der Waals surface area contributed by atoms with Gasteiger partial charge in [-0.05, 0) is 148 Å². The highest BCUT2D eigenvalue weighted by Crippen LogP contribution is 2.46. The second-order valence-corrected chi connectivity index (χ2v) is 30.4. The van der Waals surface area contributed by atoms with Gasteiger partial charge in [0, 0.05) is 105 Å². The number of para-hydroxylation sites is 7. The predicted octanol–water partition coefficient (Wildman–Crippen LogP) is 28.0. The van der Waals surface area contributed by atoms with E-state index < -0.39 is 0 Å². The van der Waals surface area contributed by atoms with Gasteiger partial charge in [0.15, 0.2) is 0 Å². The second-order valence-electron chi connectivity index (χ2n) is 28.3. The molecule has 0 atom stereocenters. The summed E-state index contributed by atoms with van der Waals surface area (Å²) in [6.45, 7) is 0. The molecular formula is C100H58N6O2S2. The molecule has 16 aromatic carbocycles. The maximum absolute atomic E-state index is 6.50. The first-order valence-electron chi connectivity index (χ1n) is 37.0. The lowest BCUT2D eigenvalue weighted by Gasteiger charge is -2.12. The van der Waals surface area contributed by atoms with Crippen molar-refractivity contribution in [1.82, 2.24) is 29.1 Å². The predicted molar refractivity (Wildman–Crippen MR) is 461 cm³/mol. The van der Waals surface area contributed by atoms with Crippen LogP contribution in [0, 0.1) is 0 Å². The van der Waals surface area contributed by atoms with E-state index in [0.29, 0.717) is 11.9 Å². The third kappa shape index (κ3) is 9.90. The zero-order chi connectivity index (χ0) is 72.1. The maximum atomic E-state index is 6.50. The van der Waals surface area contributed by atoms with E-state index in [4.69, 9.17) is 28.8 Å². The van der Waals surface area contributed by atoms with Crippen LogP contribution in [0.4, 0.5) is 0 Å². The Bertz CT molecular complexity index is 7460. The van der Waals surface area contributed by atoms with Crippen molar-refractivity contribution in [2.45, 2.75) is 0 Å². The smallest absolute Gasteiger partial charge is 0.235 e. The van der Waals surface area contributed by atoms with Crippen molar-refractivity contribution < 1.29 is 8.83 Å². The van der Waals surface area contributed by atoms with Gasteiger partial charge in [-0.1, -0.05) is 249 Å². The van der Waals surface area contributed by atoms with E-state index in [1.54, 1.807) is 0 Å². The van der Waals surface area contributed by atoms with Gasteiger partial charge in [0.25, 0.3) is 0 Å². The largest absolute Gasteiger partial charge is 0.456 e. The van der Waals surface area contributed by atoms with Gasteiger partial charge in [0.1, 0.15) is 22.3 Å². The molecule has 0 N–H and O–H groups in total. The Kier molecular flexibility index (Phi) is 13.9. The topological polar surface area (TPSA) is 87.7 Å². The van der Waals surface area contributed by atoms with Crippen molar-refractivity contribution in [3.8, 4) is 78.9 Å². The van der Waals surface area contributed by atoms with Crippen LogP contribution < -0.4 is 0 Å². The molecule has 0 aliphatic rings. The van der Waals surface area contributed by atoms with Crippen LogP contribution >= 0.6 is 22.7 Å². The first kappa shape index (κ1) is 62.1. The average Bonchev–Trinajstić information content (AvgIpc) is 1.56. The lowest BCUT2D eigenvalue weighted by molar-refractivity contribution is 0.669. The molecule has 512 valence electrons. The molecule has 0 radical (unpaired) electrons. The summed E-state index contributed by atoms with van der Waals surface area (Å²) >= 11 is 3.69. The number of hydrogen-bond donors (Lipinski definition) is 0. The highest BCUT2D eigenvalue weighted by atomic mass is 32.1. The molecule has 8 aromatic heterocycles. The van der Waals surface area contributed by atoms with Crippen molar-refractivity contribution >= 4 is 172 Å². The van der Waals surface area contributed by atoms with Crippen LogP contribution in [0.3, 0.4) is 0 Å². The van der Waals surface area contributed by atoms with Gasteiger partial charge < -0.3 is 8.83 Å². The molecule has 0 aliphatic heterocycles. The quantitative estimate of drug-likeness (QED) is 0.151. The number of hydrogen-bond acceptors (Lipinski definition) is 8. The van der Waals surface area contributed by atoms with Crippen molar-refractivity contribution in [3.63, 3.8) is 0 Å². The van der Waals surface area contributed by atoms with Crippen molar-refractivity contribution in [1.29, 1.82) is 0 Å². The van der Waals surface area contributed by atoms with Crippen molar-refractivity contribution in [3.05, 3.63) is 352 Å². The molecule has 24 rings (SSSR count). The zero-order valence-corrected chi connectivity index (χ0v) is 60.4. The highest BCUT2D eigenvalue weighted by molar-refractivity contribution is 7.26. The Hall–Kier alpha value is -14.2. The third-order valence-electron chi connectivity index (χ3n) is 22.1. The summed E-state index contributed by atoms with van der Waals surface area (Å²) < 4.78 is 22.2. The third-order valence-corrected chi connectivity index (χ3v) is 24.5. The molecule has 8 nitrogen and oxygen atoms in total. The van der Waals surface area contributed by atoms with Gasteiger partial charge in [-0.25, -0.2) is 19.9 Å². The van der Waals surface area contributed by atoms with E-state index in [9.17, 15) is 0 Å². The minimum absolute atomic E-state index is 0.618. The Balaban J connectivity index is 0.000000132. The molecule has 0 aliphatic carbocycles. The Morgan fingerprint density at radius 1 is 0.218 bits per heavy atom. The van der Waals surface area contributed by atoms with Crippen LogP contribution in [0.2, 0.25) is 0 Å². The molecule has 0 saturated heterocycles. The summed E-state index contributed by atoms with van der Waals surface area (Å²) in [5.41, 5.74) is 22.9. The summed E-state index contributed by atoms with van der Waals surface area (Å²) in [5, 5.41) is 16.3. The van der Waals surface area contributed by atoms with Crippen molar-refractivity contribution in [2.75, 3.05) is 0 Å². The molecule has 0 bridgehead atoms. The molecule has 24 aromatic rings. The molecular weight excluding hydrogens is 1380 g/mol. The lowest BCUT2D eigenvalue weighted by Crippen LogP contribution is -2.03. The number of rotatable bonds is 8. The number of fused-ring (bicyclic) bond motifs is 20. The maximum Gasteiger partial charge on any atom is 0.235 e. The van der Waals surface area contributed by atoms with Gasteiger partial charge in [0.2, 0.25) is 11.9 Å². The van der Waals surface area contributed by atoms with Gasteiger partial charge in [0.05, 0.1) is 44.5 Å². The van der Waals surface area contributed by atoms with Gasteiger partial charge in [-0.3, -0.25) is 9.13 Å². The number of furan rings is 2. The fourth-order valence-corrected chi connectivity index (χ4v) is 19.2. The lowest BCUT2D eigenvalue weighted by atomic mass is 9.98. The Morgan fingerprint density at radius 2 is 0.591 bits per heavy atom. The van der Waals surface area contributed by atoms with Crippen LogP contribution in [0.25, 0.3) is 229 Å². The highest BCUT2D eigenvalue weighted by Gasteiger charge is 2.24. The molecule has 0 unspecified atom stereocenters. The summed E-state index contributed by atoms with van der Waals surface area (Å²) in [4.78, 5) is 21.2. The first-order chi connectivity index (χ1) is 54.5. The monoisotopic (exact) mass is 1440 g/mol. The fourth-order valence-electron chi connectivity index (χ4n) is 16.9. The summed E-state index contributed by atoms with van der Waals surface area (Å²) in [6.07, 6.45) is 0. The van der Waals surface area contributed by atoms with Gasteiger partial charge in [-0.2, -0.15) is 0 Å². The normalized spacial score (nSPS) is 12.0. The van der Waals surface area contributed by atoms with E-state index in [-0.39, 0.29) is 0 Å². The molecule has 0 saturated carbocycles. The van der Waals surface area contributed by atoms with Gasteiger partial charge in [-0.15, -0.1) is 22.7 Å². The Labute approximate surface area is 636 Å². The standard InChI is InChI=1S/C50H29N3O2.C50H29N3S2/c2*1-5-16-42-38(13-1)48(39-15-9-14-37-35-11-3-8-19-46(35)55-49(37)39)52-50(51-42)53-43-17-6-2-10-34(43)40-28-32(24-26-44(40)53)30-20-22-31(23-21-30)33-25-27-47-41(29-33)36-12-4-7-18-45(36)54-47/h2*1-29H. The molecule has 0 fully saturated rings. The van der Waals surface area contributed by atoms with Crippen LogP contribution in [-0.4, -0.2) is 29.1 Å². The summed E-state index contributed by atoms with van der Waals surface area (Å²) in [6, 6.07) is 125. The number of nitrogens with zero attached hydrogens (tertiary/aromatic N) is 6. The molecule has 8 heterocycles. The minimum Gasteiger partial charge on any atom is -0.456 e. The van der Waals surface area contributed by atoms with Crippen LogP contribution in [0.5, 0.6) is 0 Å². The van der Waals surface area contributed by atoms with E-state index in [1.165, 1.54) is 73.4 Å². The van der Waals surface area contributed by atoms with Crippen molar-refractivity contribution in [2.24, 2.45) is 0 Å². The molecule has 0 spiro atoms. The summed E-state index contributed by atoms with van der Waals surface area (Å²) in [7, 11) is 0. The molecule has 110 heavy (non-hydrogen) atoms. The summed E-state index contributed by atoms with van der Waals surface area (Å²) in [5.74, 6) is 1.29. The van der Waals surface area contributed by atoms with E-state index >= 15 is 0 Å². The fraction of sp³-hybridized carbons (Fsp3) is 0. The first-order valence-corrected chi connectivity index (χ1v) is 38.6. The van der Waals surface area contributed by atoms with Crippen LogP contribution in [0.1, 0.15) is 0 Å².